The second kappa shape index (κ2) is 7.35. The third-order valence-electron chi connectivity index (χ3n) is 4.16. The Hall–Kier alpha value is -3.22. The lowest BCUT2D eigenvalue weighted by Crippen LogP contribution is -2.32. The smallest absolute Gasteiger partial charge is 0.420 e. The van der Waals surface area contributed by atoms with Crippen LogP contribution in [0.5, 0.6) is 11.5 Å². The molecule has 1 atom stereocenters. The Morgan fingerprint density at radius 1 is 1.19 bits per heavy atom. The Labute approximate surface area is 150 Å². The Bertz CT molecular complexity index is 989. The van der Waals surface area contributed by atoms with Crippen molar-refractivity contribution < 1.29 is 18.7 Å². The summed E-state index contributed by atoms with van der Waals surface area (Å²) in [6.07, 6.45) is 0. The van der Waals surface area contributed by atoms with Crippen molar-refractivity contribution in [3.05, 3.63) is 58.6 Å². The molecular formula is C19H20N2O5. The summed E-state index contributed by atoms with van der Waals surface area (Å²) in [6.45, 7) is 1.72. The summed E-state index contributed by atoms with van der Waals surface area (Å²) in [6, 6.07) is 12.1. The Morgan fingerprint density at radius 3 is 2.69 bits per heavy atom. The number of para-hydroxylation sites is 2. The van der Waals surface area contributed by atoms with Crippen LogP contribution in [-0.4, -0.2) is 24.7 Å². The number of oxazole rings is 1. The first kappa shape index (κ1) is 17.6. The number of amides is 1. The minimum Gasteiger partial charge on any atom is -0.497 e. The fourth-order valence-corrected chi connectivity index (χ4v) is 2.85. The molecule has 0 radical (unpaired) electrons. The van der Waals surface area contributed by atoms with E-state index < -0.39 is 5.76 Å². The highest BCUT2D eigenvalue weighted by molar-refractivity contribution is 5.79. The molecule has 1 amide bonds. The average molecular weight is 356 g/mol. The summed E-state index contributed by atoms with van der Waals surface area (Å²) in [5, 5.41) is 2.88. The van der Waals surface area contributed by atoms with Gasteiger partial charge in [-0.25, -0.2) is 4.79 Å². The van der Waals surface area contributed by atoms with Gasteiger partial charge >= 0.3 is 5.76 Å². The van der Waals surface area contributed by atoms with E-state index in [-0.39, 0.29) is 18.5 Å². The van der Waals surface area contributed by atoms with Gasteiger partial charge in [-0.05, 0) is 31.2 Å². The normalized spacial score (nSPS) is 12.0. The van der Waals surface area contributed by atoms with Crippen molar-refractivity contribution in [2.45, 2.75) is 19.5 Å². The number of fused-ring (bicyclic) bond motifs is 1. The van der Waals surface area contributed by atoms with Crippen LogP contribution in [0.25, 0.3) is 11.1 Å². The molecule has 0 aliphatic heterocycles. The molecular weight excluding hydrogens is 336 g/mol. The van der Waals surface area contributed by atoms with Crippen LogP contribution in [0.4, 0.5) is 0 Å². The van der Waals surface area contributed by atoms with E-state index in [2.05, 4.69) is 5.32 Å². The highest BCUT2D eigenvalue weighted by Gasteiger charge is 2.17. The molecule has 136 valence electrons. The summed E-state index contributed by atoms with van der Waals surface area (Å²) >= 11 is 0. The second-order valence-corrected chi connectivity index (χ2v) is 5.82. The molecule has 1 N–H and O–H groups in total. The number of carbonyl (C=O) groups excluding carboxylic acids is 1. The number of hydrogen-bond donors (Lipinski definition) is 1. The summed E-state index contributed by atoms with van der Waals surface area (Å²) in [5.41, 5.74) is 1.85. The van der Waals surface area contributed by atoms with Crippen molar-refractivity contribution in [1.29, 1.82) is 0 Å². The molecule has 3 aromatic rings. The molecule has 1 aromatic heterocycles. The Morgan fingerprint density at radius 2 is 1.96 bits per heavy atom. The summed E-state index contributed by atoms with van der Waals surface area (Å²) in [4.78, 5) is 24.4. The van der Waals surface area contributed by atoms with Crippen molar-refractivity contribution in [2.24, 2.45) is 0 Å². The first-order valence-electron chi connectivity index (χ1n) is 8.13. The van der Waals surface area contributed by atoms with Gasteiger partial charge in [0.05, 0.1) is 25.8 Å². The number of methoxy groups -OCH3 is 2. The van der Waals surface area contributed by atoms with E-state index in [0.717, 1.165) is 5.56 Å². The minimum atomic E-state index is -0.559. The molecule has 0 saturated carbocycles. The van der Waals surface area contributed by atoms with Crippen LogP contribution in [0.2, 0.25) is 0 Å². The van der Waals surface area contributed by atoms with E-state index in [0.29, 0.717) is 22.6 Å². The van der Waals surface area contributed by atoms with Crippen LogP contribution in [0, 0.1) is 0 Å². The van der Waals surface area contributed by atoms with Crippen LogP contribution >= 0.6 is 0 Å². The van der Waals surface area contributed by atoms with Gasteiger partial charge in [-0.15, -0.1) is 0 Å². The molecule has 0 spiro atoms. The van der Waals surface area contributed by atoms with E-state index in [1.165, 1.54) is 4.57 Å². The van der Waals surface area contributed by atoms with E-state index in [1.54, 1.807) is 50.6 Å². The molecule has 3 rings (SSSR count). The zero-order valence-electron chi connectivity index (χ0n) is 14.8. The molecule has 0 aliphatic carbocycles. The van der Waals surface area contributed by atoms with E-state index in [4.69, 9.17) is 13.9 Å². The molecule has 1 heterocycles. The first-order chi connectivity index (χ1) is 12.5. The maximum atomic E-state index is 12.4. The van der Waals surface area contributed by atoms with Gasteiger partial charge in [-0.2, -0.15) is 0 Å². The molecule has 0 saturated heterocycles. The molecule has 0 fully saturated rings. The van der Waals surface area contributed by atoms with Crippen LogP contribution < -0.4 is 20.5 Å². The number of nitrogens with one attached hydrogen (secondary N) is 1. The monoisotopic (exact) mass is 356 g/mol. The number of benzene rings is 2. The Balaban J connectivity index is 1.77. The van der Waals surface area contributed by atoms with Gasteiger partial charge in [0.25, 0.3) is 0 Å². The van der Waals surface area contributed by atoms with Gasteiger partial charge in [0.1, 0.15) is 18.0 Å². The fourth-order valence-electron chi connectivity index (χ4n) is 2.85. The van der Waals surface area contributed by atoms with E-state index in [1.807, 2.05) is 13.0 Å². The Kier molecular flexibility index (Phi) is 4.97. The molecule has 2 aromatic carbocycles. The second-order valence-electron chi connectivity index (χ2n) is 5.82. The SMILES string of the molecule is COc1ccc(C(C)NC(=O)Cn2c(=O)oc3ccccc32)c(OC)c1. The summed E-state index contributed by atoms with van der Waals surface area (Å²) in [5.74, 6) is 0.420. The summed E-state index contributed by atoms with van der Waals surface area (Å²) in [7, 11) is 3.14. The van der Waals surface area contributed by atoms with Gasteiger partial charge in [0.15, 0.2) is 5.58 Å². The number of aromatic nitrogens is 1. The third kappa shape index (κ3) is 3.42. The van der Waals surface area contributed by atoms with Gasteiger partial charge in [-0.1, -0.05) is 12.1 Å². The largest absolute Gasteiger partial charge is 0.497 e. The zero-order chi connectivity index (χ0) is 18.7. The lowest BCUT2D eigenvalue weighted by molar-refractivity contribution is -0.122. The van der Waals surface area contributed by atoms with Crippen molar-refractivity contribution in [3.8, 4) is 11.5 Å². The maximum absolute atomic E-state index is 12.4. The third-order valence-corrected chi connectivity index (χ3v) is 4.16. The number of ether oxygens (including phenoxy) is 2. The molecule has 0 aliphatic rings. The van der Waals surface area contributed by atoms with Gasteiger partial charge in [-0.3, -0.25) is 9.36 Å². The van der Waals surface area contributed by atoms with Crippen LogP contribution in [0.3, 0.4) is 0 Å². The lowest BCUT2D eigenvalue weighted by Gasteiger charge is -2.18. The van der Waals surface area contributed by atoms with Crippen LogP contribution in [0.15, 0.2) is 51.7 Å². The zero-order valence-corrected chi connectivity index (χ0v) is 14.8. The molecule has 0 bridgehead atoms. The minimum absolute atomic E-state index is 0.126. The fraction of sp³-hybridized carbons (Fsp3) is 0.263. The quantitative estimate of drug-likeness (QED) is 0.734. The van der Waals surface area contributed by atoms with Crippen molar-refractivity contribution >= 4 is 17.0 Å². The number of hydrogen-bond acceptors (Lipinski definition) is 5. The van der Waals surface area contributed by atoms with E-state index in [9.17, 15) is 9.59 Å². The van der Waals surface area contributed by atoms with Crippen molar-refractivity contribution in [3.63, 3.8) is 0 Å². The number of carbonyl (C=O) groups is 1. The van der Waals surface area contributed by atoms with Crippen LogP contribution in [0.1, 0.15) is 18.5 Å². The van der Waals surface area contributed by atoms with E-state index >= 15 is 0 Å². The van der Waals surface area contributed by atoms with Gasteiger partial charge < -0.3 is 19.2 Å². The van der Waals surface area contributed by atoms with Crippen LogP contribution in [-0.2, 0) is 11.3 Å². The standard InChI is InChI=1S/C19H20N2O5/c1-12(14-9-8-13(24-2)10-17(14)25-3)20-18(22)11-21-15-6-4-5-7-16(15)26-19(21)23/h4-10,12H,11H2,1-3H3,(H,20,22). The molecule has 1 unspecified atom stereocenters. The molecule has 26 heavy (non-hydrogen) atoms. The number of rotatable bonds is 6. The molecule has 7 heteroatoms. The van der Waals surface area contributed by atoms with Crippen molar-refractivity contribution in [2.75, 3.05) is 14.2 Å². The van der Waals surface area contributed by atoms with Gasteiger partial charge in [0, 0.05) is 11.6 Å². The average Bonchev–Trinajstić information content (AvgIpc) is 2.96. The maximum Gasteiger partial charge on any atom is 0.420 e. The highest BCUT2D eigenvalue weighted by Crippen LogP contribution is 2.29. The first-order valence-corrected chi connectivity index (χ1v) is 8.13. The lowest BCUT2D eigenvalue weighted by atomic mass is 10.1. The highest BCUT2D eigenvalue weighted by atomic mass is 16.5. The summed E-state index contributed by atoms with van der Waals surface area (Å²) < 4.78 is 17.0. The topological polar surface area (TPSA) is 82.7 Å². The van der Waals surface area contributed by atoms with Gasteiger partial charge in [0.2, 0.25) is 5.91 Å². The predicted molar refractivity (Wildman–Crippen MR) is 96.6 cm³/mol. The predicted octanol–water partition coefficient (Wildman–Crippen LogP) is 2.49. The molecule has 7 nitrogen and oxygen atoms in total. The van der Waals surface area contributed by atoms with Crippen molar-refractivity contribution in [1.82, 2.24) is 9.88 Å². The number of nitrogens with zero attached hydrogens (tertiary/aromatic N) is 1.